The molecule has 0 aliphatic rings. The Bertz CT molecular complexity index is 992. The molecule has 158 valence electrons. The molecule has 2 aromatic carbocycles. The summed E-state index contributed by atoms with van der Waals surface area (Å²) in [7, 11) is 1.69. The van der Waals surface area contributed by atoms with Crippen LogP contribution in [-0.4, -0.2) is 34.2 Å². The molecule has 7 heteroatoms. The highest BCUT2D eigenvalue weighted by Crippen LogP contribution is 2.26. The topological polar surface area (TPSA) is 68.5 Å². The van der Waals surface area contributed by atoms with Crippen LogP contribution in [0.25, 0.3) is 11.5 Å². The van der Waals surface area contributed by atoms with E-state index in [2.05, 4.69) is 59.0 Å². The van der Waals surface area contributed by atoms with E-state index in [1.165, 1.54) is 10.5 Å². The first-order valence-electron chi connectivity index (χ1n) is 9.74. The van der Waals surface area contributed by atoms with Gasteiger partial charge >= 0.3 is 0 Å². The Balaban J connectivity index is 1.61. The summed E-state index contributed by atoms with van der Waals surface area (Å²) in [4.78, 5) is 14.1. The first-order chi connectivity index (χ1) is 14.1. The smallest absolute Gasteiger partial charge is 0.263 e. The van der Waals surface area contributed by atoms with Crippen molar-refractivity contribution in [3.05, 3.63) is 64.5 Å². The summed E-state index contributed by atoms with van der Waals surface area (Å²) in [6, 6.07) is 15.4. The molecule has 0 saturated heterocycles. The summed E-state index contributed by atoms with van der Waals surface area (Å²) in [5.74, 6) is 1.26. The standard InChI is InChI=1S/C23H26BrN3O3/c1-15(29-19-12-10-18(24)11-13-19)22(28)27(5)14-20-25-26-21(30-20)16-6-8-17(9-7-16)23(2,3)4/h6-13,15H,14H2,1-5H3/t15-/m0/s1. The van der Waals surface area contributed by atoms with Crippen molar-refractivity contribution >= 4 is 21.8 Å². The van der Waals surface area contributed by atoms with Crippen molar-refractivity contribution in [2.75, 3.05) is 7.05 Å². The van der Waals surface area contributed by atoms with E-state index < -0.39 is 6.10 Å². The summed E-state index contributed by atoms with van der Waals surface area (Å²) in [5.41, 5.74) is 2.16. The molecule has 3 aromatic rings. The molecule has 1 heterocycles. The van der Waals surface area contributed by atoms with Gasteiger partial charge in [0, 0.05) is 17.1 Å². The predicted molar refractivity (Wildman–Crippen MR) is 119 cm³/mol. The lowest BCUT2D eigenvalue weighted by atomic mass is 9.87. The first-order valence-corrected chi connectivity index (χ1v) is 10.5. The van der Waals surface area contributed by atoms with Gasteiger partial charge in [-0.3, -0.25) is 4.79 Å². The first kappa shape index (κ1) is 22.0. The van der Waals surface area contributed by atoms with Gasteiger partial charge < -0.3 is 14.1 Å². The zero-order chi connectivity index (χ0) is 21.9. The van der Waals surface area contributed by atoms with Crippen LogP contribution in [0.3, 0.4) is 0 Å². The fourth-order valence-electron chi connectivity index (χ4n) is 2.91. The van der Waals surface area contributed by atoms with E-state index in [1.54, 1.807) is 14.0 Å². The Morgan fingerprint density at radius 1 is 1.10 bits per heavy atom. The molecule has 1 amide bonds. The van der Waals surface area contributed by atoms with Gasteiger partial charge in [0.25, 0.3) is 5.91 Å². The minimum Gasteiger partial charge on any atom is -0.481 e. The third kappa shape index (κ3) is 5.48. The number of benzene rings is 2. The summed E-state index contributed by atoms with van der Waals surface area (Å²) in [6.07, 6.45) is -0.636. The van der Waals surface area contributed by atoms with Crippen molar-refractivity contribution < 1.29 is 13.9 Å². The van der Waals surface area contributed by atoms with E-state index >= 15 is 0 Å². The third-order valence-corrected chi connectivity index (χ3v) is 5.22. The van der Waals surface area contributed by atoms with Crippen LogP contribution < -0.4 is 4.74 Å². The Hall–Kier alpha value is -2.67. The van der Waals surface area contributed by atoms with E-state index in [1.807, 2.05) is 36.4 Å². The highest BCUT2D eigenvalue weighted by Gasteiger charge is 2.22. The maximum Gasteiger partial charge on any atom is 0.263 e. The summed E-state index contributed by atoms with van der Waals surface area (Å²) >= 11 is 3.38. The monoisotopic (exact) mass is 471 g/mol. The van der Waals surface area contributed by atoms with Crippen LogP contribution in [0.15, 0.2) is 57.4 Å². The van der Waals surface area contributed by atoms with Crippen molar-refractivity contribution in [2.45, 2.75) is 45.8 Å². The van der Waals surface area contributed by atoms with E-state index in [0.29, 0.717) is 17.5 Å². The van der Waals surface area contributed by atoms with Crippen LogP contribution >= 0.6 is 15.9 Å². The van der Waals surface area contributed by atoms with Crippen LogP contribution in [0.2, 0.25) is 0 Å². The molecule has 0 spiro atoms. The van der Waals surface area contributed by atoms with Gasteiger partial charge in [-0.05, 0) is 54.3 Å². The molecule has 0 radical (unpaired) electrons. The van der Waals surface area contributed by atoms with Gasteiger partial charge in [-0.15, -0.1) is 10.2 Å². The number of likely N-dealkylation sites (N-methyl/N-ethyl adjacent to an activating group) is 1. The fourth-order valence-corrected chi connectivity index (χ4v) is 3.17. The molecular weight excluding hydrogens is 446 g/mol. The minimum atomic E-state index is -0.636. The highest BCUT2D eigenvalue weighted by molar-refractivity contribution is 9.10. The normalized spacial score (nSPS) is 12.5. The average Bonchev–Trinajstić information content (AvgIpc) is 3.17. The SMILES string of the molecule is C[C@H](Oc1ccc(Br)cc1)C(=O)N(C)Cc1nnc(-c2ccc(C(C)(C)C)cc2)o1. The molecular formula is C23H26BrN3O3. The highest BCUT2D eigenvalue weighted by atomic mass is 79.9. The molecule has 0 fully saturated rings. The number of nitrogens with zero attached hydrogens (tertiary/aromatic N) is 3. The Kier molecular flexibility index (Phi) is 6.61. The van der Waals surface area contributed by atoms with Crippen molar-refractivity contribution in [3.63, 3.8) is 0 Å². The van der Waals surface area contributed by atoms with Crippen molar-refractivity contribution in [1.29, 1.82) is 0 Å². The maximum atomic E-state index is 12.6. The van der Waals surface area contributed by atoms with E-state index in [4.69, 9.17) is 9.15 Å². The molecule has 0 unspecified atom stereocenters. The lowest BCUT2D eigenvalue weighted by Gasteiger charge is -2.20. The third-order valence-electron chi connectivity index (χ3n) is 4.69. The van der Waals surface area contributed by atoms with Crippen LogP contribution in [-0.2, 0) is 16.8 Å². The maximum absolute atomic E-state index is 12.6. The van der Waals surface area contributed by atoms with Crippen LogP contribution in [0.4, 0.5) is 0 Å². The van der Waals surface area contributed by atoms with E-state index in [9.17, 15) is 4.79 Å². The van der Waals surface area contributed by atoms with Gasteiger partial charge in [0.15, 0.2) is 6.10 Å². The fraction of sp³-hybridized carbons (Fsp3) is 0.348. The van der Waals surface area contributed by atoms with Gasteiger partial charge in [0.05, 0.1) is 6.54 Å². The quantitative estimate of drug-likeness (QED) is 0.492. The molecule has 0 aliphatic heterocycles. The number of hydrogen-bond donors (Lipinski definition) is 0. The van der Waals surface area contributed by atoms with Gasteiger partial charge in [-0.2, -0.15) is 0 Å². The molecule has 6 nitrogen and oxygen atoms in total. The van der Waals surface area contributed by atoms with Crippen molar-refractivity contribution in [1.82, 2.24) is 15.1 Å². The summed E-state index contributed by atoms with van der Waals surface area (Å²) in [5, 5.41) is 8.20. The number of rotatable bonds is 6. The Morgan fingerprint density at radius 3 is 2.33 bits per heavy atom. The molecule has 0 aliphatic carbocycles. The lowest BCUT2D eigenvalue weighted by Crippen LogP contribution is -2.37. The van der Waals surface area contributed by atoms with E-state index in [0.717, 1.165) is 10.0 Å². The zero-order valence-corrected chi connectivity index (χ0v) is 19.4. The zero-order valence-electron chi connectivity index (χ0n) is 17.8. The van der Waals surface area contributed by atoms with Crippen LogP contribution in [0.1, 0.15) is 39.1 Å². The summed E-state index contributed by atoms with van der Waals surface area (Å²) < 4.78 is 12.4. The molecule has 0 bridgehead atoms. The number of ether oxygens (including phenoxy) is 1. The molecule has 0 N–H and O–H groups in total. The number of hydrogen-bond acceptors (Lipinski definition) is 5. The average molecular weight is 472 g/mol. The molecule has 30 heavy (non-hydrogen) atoms. The molecule has 0 saturated carbocycles. The van der Waals surface area contributed by atoms with Gasteiger partial charge in [0.1, 0.15) is 5.75 Å². The number of halogens is 1. The largest absolute Gasteiger partial charge is 0.481 e. The van der Waals surface area contributed by atoms with Crippen LogP contribution in [0.5, 0.6) is 5.75 Å². The second-order valence-electron chi connectivity index (χ2n) is 8.24. The number of aromatic nitrogens is 2. The van der Waals surface area contributed by atoms with Crippen LogP contribution in [0, 0.1) is 0 Å². The van der Waals surface area contributed by atoms with Gasteiger partial charge in [0.2, 0.25) is 11.8 Å². The Labute approximate surface area is 185 Å². The molecule has 1 aromatic heterocycles. The lowest BCUT2D eigenvalue weighted by molar-refractivity contribution is -0.137. The van der Waals surface area contributed by atoms with Crippen molar-refractivity contribution in [3.8, 4) is 17.2 Å². The second-order valence-corrected chi connectivity index (χ2v) is 9.15. The molecule has 1 atom stereocenters. The predicted octanol–water partition coefficient (Wildman–Crippen LogP) is 5.22. The van der Waals surface area contributed by atoms with E-state index in [-0.39, 0.29) is 17.9 Å². The molecule has 3 rings (SSSR count). The Morgan fingerprint density at radius 2 is 1.73 bits per heavy atom. The minimum absolute atomic E-state index is 0.0800. The second kappa shape index (κ2) is 9.00. The van der Waals surface area contributed by atoms with Gasteiger partial charge in [-0.25, -0.2) is 0 Å². The summed E-state index contributed by atoms with van der Waals surface area (Å²) in [6.45, 7) is 8.43. The number of carbonyl (C=O) groups excluding carboxylic acids is 1. The van der Waals surface area contributed by atoms with Gasteiger partial charge in [-0.1, -0.05) is 48.8 Å². The van der Waals surface area contributed by atoms with Crippen molar-refractivity contribution in [2.24, 2.45) is 0 Å². The number of carbonyl (C=O) groups is 1. The number of amides is 1.